The third kappa shape index (κ3) is 2.73. The molecule has 0 aromatic heterocycles. The number of hydrogen-bond donors (Lipinski definition) is 0. The topological polar surface area (TPSA) is 52.6 Å². The minimum Gasteiger partial charge on any atom is -0.369 e. The summed E-state index contributed by atoms with van der Waals surface area (Å²) in [4.78, 5) is 0. The van der Waals surface area contributed by atoms with Crippen molar-refractivity contribution in [2.45, 2.75) is 50.0 Å². The van der Waals surface area contributed by atoms with Crippen LogP contribution < -0.4 is 0 Å². The van der Waals surface area contributed by atoms with Gasteiger partial charge in [-0.15, -0.1) is 6.58 Å². The maximum atomic E-state index is 12.4. The van der Waals surface area contributed by atoms with Crippen molar-refractivity contribution in [2.24, 2.45) is 11.8 Å². The summed E-state index contributed by atoms with van der Waals surface area (Å²) in [6.45, 7) is 7.29. The molecule has 1 aliphatic heterocycles. The molecule has 116 valence electrons. The highest BCUT2D eigenvalue weighted by Gasteiger charge is 2.56. The van der Waals surface area contributed by atoms with E-state index < -0.39 is 33.4 Å². The molecule has 0 aromatic carbocycles. The third-order valence-corrected chi connectivity index (χ3v) is 4.93. The first-order chi connectivity index (χ1) is 8.97. The summed E-state index contributed by atoms with van der Waals surface area (Å²) >= 11 is 0. The lowest BCUT2D eigenvalue weighted by molar-refractivity contribution is -0.0787. The van der Waals surface area contributed by atoms with Crippen LogP contribution >= 0.6 is 0 Å². The zero-order valence-corrected chi connectivity index (χ0v) is 12.0. The van der Waals surface area contributed by atoms with Crippen LogP contribution in [0.2, 0.25) is 0 Å². The monoisotopic (exact) mass is 314 g/mol. The summed E-state index contributed by atoms with van der Waals surface area (Å²) in [7, 11) is -5.60. The van der Waals surface area contributed by atoms with E-state index in [4.69, 9.17) is 4.74 Å². The first kappa shape index (κ1) is 15.8. The smallest absolute Gasteiger partial charge is 0.369 e. The molecule has 4 nitrogen and oxygen atoms in total. The number of fused-ring (bicyclic) bond motifs is 1. The normalized spacial score (nSPS) is 36.9. The molecule has 1 saturated heterocycles. The maximum absolute atomic E-state index is 12.4. The molecule has 4 atom stereocenters. The van der Waals surface area contributed by atoms with Gasteiger partial charge in [0.2, 0.25) is 0 Å². The fourth-order valence-electron chi connectivity index (χ4n) is 3.09. The van der Waals surface area contributed by atoms with E-state index in [-0.39, 0.29) is 18.3 Å². The lowest BCUT2D eigenvalue weighted by Crippen LogP contribution is -2.36. The van der Waals surface area contributed by atoms with Crippen molar-refractivity contribution in [1.82, 2.24) is 0 Å². The van der Waals surface area contributed by atoms with Crippen molar-refractivity contribution in [3.63, 3.8) is 0 Å². The Morgan fingerprint density at radius 2 is 2.00 bits per heavy atom. The van der Waals surface area contributed by atoms with E-state index in [9.17, 15) is 21.6 Å². The van der Waals surface area contributed by atoms with Gasteiger partial charge < -0.3 is 4.74 Å². The van der Waals surface area contributed by atoms with Crippen LogP contribution in [0.25, 0.3) is 0 Å². The lowest BCUT2D eigenvalue weighted by Gasteiger charge is -2.24. The Balaban J connectivity index is 2.20. The molecule has 1 aliphatic carbocycles. The molecule has 0 spiro atoms. The molecule has 1 saturated carbocycles. The van der Waals surface area contributed by atoms with E-state index in [2.05, 4.69) is 10.8 Å². The lowest BCUT2D eigenvalue weighted by atomic mass is 9.88. The standard InChI is InChI=1S/C12H17F3O4S/c1-4-7-5-9(19-20(16,17)12(13,14)15)10-8(7)6-11(2,3)18-10/h4,7-10H,1,5-6H2,2-3H3/t7-,8+,9-,10+/m0/s1. The second-order valence-electron chi connectivity index (χ2n) is 5.88. The van der Waals surface area contributed by atoms with Crippen molar-refractivity contribution in [2.75, 3.05) is 0 Å². The predicted octanol–water partition coefficient (Wildman–Crippen LogP) is 2.61. The van der Waals surface area contributed by atoms with E-state index in [1.54, 1.807) is 6.08 Å². The van der Waals surface area contributed by atoms with Gasteiger partial charge in [-0.25, -0.2) is 0 Å². The van der Waals surface area contributed by atoms with Crippen LogP contribution in [0.3, 0.4) is 0 Å². The van der Waals surface area contributed by atoms with Gasteiger partial charge in [-0.1, -0.05) is 6.08 Å². The van der Waals surface area contributed by atoms with Crippen molar-refractivity contribution < 1.29 is 30.5 Å². The summed E-state index contributed by atoms with van der Waals surface area (Å²) in [5, 5.41) is 0. The summed E-state index contributed by atoms with van der Waals surface area (Å²) in [5.41, 5.74) is -5.91. The highest BCUT2D eigenvalue weighted by Crippen LogP contribution is 2.49. The number of halogens is 3. The number of alkyl halides is 3. The maximum Gasteiger partial charge on any atom is 0.523 e. The van der Waals surface area contributed by atoms with Gasteiger partial charge in [-0.2, -0.15) is 21.6 Å². The van der Waals surface area contributed by atoms with Crippen molar-refractivity contribution in [3.8, 4) is 0 Å². The van der Waals surface area contributed by atoms with Crippen LogP contribution in [0.4, 0.5) is 13.2 Å². The zero-order valence-electron chi connectivity index (χ0n) is 11.2. The summed E-state index contributed by atoms with van der Waals surface area (Å²) in [6.07, 6.45) is 0.678. The second-order valence-corrected chi connectivity index (χ2v) is 7.44. The first-order valence-electron chi connectivity index (χ1n) is 6.27. The van der Waals surface area contributed by atoms with Crippen molar-refractivity contribution in [3.05, 3.63) is 12.7 Å². The summed E-state index contributed by atoms with van der Waals surface area (Å²) < 4.78 is 69.5. The Kier molecular flexibility index (Phi) is 3.71. The minimum atomic E-state index is -5.60. The molecule has 0 aromatic rings. The molecular formula is C12H17F3O4S. The molecule has 2 aliphatic rings. The van der Waals surface area contributed by atoms with Crippen LogP contribution in [0.15, 0.2) is 12.7 Å². The number of rotatable bonds is 3. The van der Waals surface area contributed by atoms with Gasteiger partial charge in [0.1, 0.15) is 6.10 Å². The molecule has 0 unspecified atom stereocenters. The molecular weight excluding hydrogens is 297 g/mol. The molecule has 0 radical (unpaired) electrons. The highest BCUT2D eigenvalue weighted by atomic mass is 32.2. The van der Waals surface area contributed by atoms with Gasteiger partial charge in [-0.05, 0) is 38.5 Å². The molecule has 8 heteroatoms. The van der Waals surface area contributed by atoms with Crippen molar-refractivity contribution in [1.29, 1.82) is 0 Å². The van der Waals surface area contributed by atoms with E-state index in [1.807, 2.05) is 13.8 Å². The van der Waals surface area contributed by atoms with Crippen molar-refractivity contribution >= 4 is 10.1 Å². The van der Waals surface area contributed by atoms with Gasteiger partial charge in [0.25, 0.3) is 0 Å². The highest BCUT2D eigenvalue weighted by molar-refractivity contribution is 7.87. The molecule has 1 heterocycles. The Hall–Kier alpha value is -0.600. The van der Waals surface area contributed by atoms with Gasteiger partial charge >= 0.3 is 15.6 Å². The Labute approximate surface area is 116 Å². The Morgan fingerprint density at radius 1 is 1.40 bits per heavy atom. The minimum absolute atomic E-state index is 0.0593. The van der Waals surface area contributed by atoms with Gasteiger partial charge in [0.15, 0.2) is 0 Å². The van der Waals surface area contributed by atoms with E-state index in [0.29, 0.717) is 6.42 Å². The average Bonchev–Trinajstić information content (AvgIpc) is 2.71. The van der Waals surface area contributed by atoms with E-state index in [0.717, 1.165) is 0 Å². The van der Waals surface area contributed by atoms with Gasteiger partial charge in [-0.3, -0.25) is 4.18 Å². The molecule has 2 fully saturated rings. The van der Waals surface area contributed by atoms with E-state index in [1.165, 1.54) is 0 Å². The quantitative estimate of drug-likeness (QED) is 0.456. The third-order valence-electron chi connectivity index (χ3n) is 3.86. The number of ether oxygens (including phenoxy) is 1. The Bertz CT molecular complexity index is 497. The van der Waals surface area contributed by atoms with Crippen LogP contribution in [-0.2, 0) is 19.0 Å². The van der Waals surface area contributed by atoms with E-state index >= 15 is 0 Å². The van der Waals surface area contributed by atoms with Crippen LogP contribution in [-0.4, -0.2) is 31.7 Å². The fourth-order valence-corrected chi connectivity index (χ4v) is 3.72. The molecule has 0 N–H and O–H groups in total. The fraction of sp³-hybridized carbons (Fsp3) is 0.833. The number of hydrogen-bond acceptors (Lipinski definition) is 4. The molecule has 0 bridgehead atoms. The summed E-state index contributed by atoms with van der Waals surface area (Å²) in [5.74, 6) is -0.161. The predicted molar refractivity (Wildman–Crippen MR) is 65.2 cm³/mol. The first-order valence-corrected chi connectivity index (χ1v) is 7.67. The average molecular weight is 314 g/mol. The Morgan fingerprint density at radius 3 is 2.50 bits per heavy atom. The van der Waals surface area contributed by atoms with Crippen LogP contribution in [0.1, 0.15) is 26.7 Å². The van der Waals surface area contributed by atoms with Gasteiger partial charge in [0.05, 0.1) is 11.7 Å². The largest absolute Gasteiger partial charge is 0.523 e. The molecule has 20 heavy (non-hydrogen) atoms. The SMILES string of the molecule is C=C[C@H]1C[C@H](OS(=O)(=O)C(F)(F)F)[C@@H]2OC(C)(C)C[C@@H]21. The zero-order chi connectivity index (χ0) is 15.3. The second kappa shape index (κ2) is 4.71. The van der Waals surface area contributed by atoms with Gasteiger partial charge in [0, 0.05) is 0 Å². The van der Waals surface area contributed by atoms with Crippen LogP contribution in [0.5, 0.6) is 0 Å². The molecule has 0 amide bonds. The summed E-state index contributed by atoms with van der Waals surface area (Å²) in [6, 6.07) is 0. The molecule has 2 rings (SSSR count). The van der Waals surface area contributed by atoms with Crippen LogP contribution in [0, 0.1) is 11.8 Å². The number of allylic oxidation sites excluding steroid dienone is 1.